The van der Waals surface area contributed by atoms with Crippen LogP contribution in [0.3, 0.4) is 0 Å². The van der Waals surface area contributed by atoms with Gasteiger partial charge in [0.25, 0.3) is 0 Å². The minimum Gasteiger partial charge on any atom is -0.453 e. The van der Waals surface area contributed by atoms with Crippen LogP contribution in [0.15, 0.2) is 227 Å². The van der Waals surface area contributed by atoms with E-state index in [4.69, 9.17) is 8.83 Å². The average molecular weight is 925 g/mol. The quantitative estimate of drug-likeness (QED) is 0.142. The molecule has 4 nitrogen and oxygen atoms in total. The van der Waals surface area contributed by atoms with E-state index in [9.17, 15) is 0 Å². The smallest absolute Gasteiger partial charge is 0.159 e. The van der Waals surface area contributed by atoms with Gasteiger partial charge in [0.15, 0.2) is 11.2 Å². The normalized spacial score (nSPS) is 11.9. The molecule has 72 heavy (non-hydrogen) atoms. The molecule has 0 aliphatic heterocycles. The van der Waals surface area contributed by atoms with Crippen molar-refractivity contribution in [2.75, 3.05) is 9.80 Å². The third kappa shape index (κ3) is 6.39. The van der Waals surface area contributed by atoms with E-state index in [0.717, 1.165) is 99.9 Å². The molecule has 0 amide bonds. The Morgan fingerprint density at radius 1 is 0.278 bits per heavy atom. The molecule has 0 atom stereocenters. The van der Waals surface area contributed by atoms with Gasteiger partial charge in [0.05, 0.1) is 22.7 Å². The van der Waals surface area contributed by atoms with Crippen LogP contribution in [0.5, 0.6) is 0 Å². The zero-order valence-corrected chi connectivity index (χ0v) is 40.5. The zero-order chi connectivity index (χ0) is 48.2. The Hall–Kier alpha value is -9.12. The van der Waals surface area contributed by atoms with Gasteiger partial charge in [-0.2, -0.15) is 0 Å². The van der Waals surface area contributed by atoms with E-state index in [0.29, 0.717) is 0 Å². The molecule has 14 aromatic rings. The Morgan fingerprint density at radius 3 is 1.08 bits per heavy atom. The van der Waals surface area contributed by atoms with Crippen molar-refractivity contribution in [2.24, 2.45) is 0 Å². The number of aryl methyl sites for hydroxylation is 4. The van der Waals surface area contributed by atoms with E-state index in [1.807, 2.05) is 0 Å². The van der Waals surface area contributed by atoms with Crippen molar-refractivity contribution in [3.63, 3.8) is 0 Å². The Kier molecular flexibility index (Phi) is 9.43. The first-order valence-corrected chi connectivity index (χ1v) is 24.8. The third-order valence-corrected chi connectivity index (χ3v) is 15.0. The summed E-state index contributed by atoms with van der Waals surface area (Å²) in [5, 5.41) is 11.5. The number of nitrogens with zero attached hydrogens (tertiary/aromatic N) is 2. The Labute approximate surface area is 417 Å². The summed E-state index contributed by atoms with van der Waals surface area (Å²) in [7, 11) is 0. The maximum absolute atomic E-state index is 7.16. The lowest BCUT2D eigenvalue weighted by Gasteiger charge is -2.29. The van der Waals surface area contributed by atoms with E-state index < -0.39 is 0 Å². The molecule has 0 fully saturated rings. The molecule has 2 aromatic heterocycles. The highest BCUT2D eigenvalue weighted by Gasteiger charge is 2.26. The van der Waals surface area contributed by atoms with Crippen LogP contribution in [-0.2, 0) is 0 Å². The van der Waals surface area contributed by atoms with Crippen molar-refractivity contribution in [3.05, 3.63) is 241 Å². The molecule has 0 saturated heterocycles. The topological polar surface area (TPSA) is 32.8 Å². The molecule has 4 heteroatoms. The van der Waals surface area contributed by atoms with Crippen LogP contribution in [0.2, 0.25) is 0 Å². The monoisotopic (exact) mass is 924 g/mol. The Morgan fingerprint density at radius 2 is 0.667 bits per heavy atom. The molecule has 0 aliphatic carbocycles. The lowest BCUT2D eigenvalue weighted by molar-refractivity contribution is 0.670. The van der Waals surface area contributed by atoms with Crippen LogP contribution < -0.4 is 9.80 Å². The molecule has 0 radical (unpaired) electrons. The Bertz CT molecular complexity index is 4160. The summed E-state index contributed by atoms with van der Waals surface area (Å²) in [6.07, 6.45) is 0. The SMILES string of the molecule is Cc1ccc(-c2cccc3c2oc2c(N(c4ccccc4)c4ccc5ccc6c(N(c7ccccc7)c7cccc8c7oc7c(-c9ccc(C)cc9C)cccc78)ccc7ccc4c5c76)cccc23)c(C)c1. The first-order valence-electron chi connectivity index (χ1n) is 24.8. The second-order valence-electron chi connectivity index (χ2n) is 19.4. The van der Waals surface area contributed by atoms with Crippen molar-refractivity contribution in [1.29, 1.82) is 0 Å². The van der Waals surface area contributed by atoms with Gasteiger partial charge in [-0.3, -0.25) is 0 Å². The zero-order valence-electron chi connectivity index (χ0n) is 40.5. The molecule has 0 bridgehead atoms. The van der Waals surface area contributed by atoms with Crippen LogP contribution in [-0.4, -0.2) is 0 Å². The molecule has 0 spiro atoms. The number of fused-ring (bicyclic) bond motifs is 6. The second-order valence-corrected chi connectivity index (χ2v) is 19.4. The minimum absolute atomic E-state index is 0.848. The molecular formula is C68H48N2O2. The second kappa shape index (κ2) is 16.2. The number of para-hydroxylation sites is 6. The van der Waals surface area contributed by atoms with Crippen molar-refractivity contribution in [1.82, 2.24) is 0 Å². The fraction of sp³-hybridized carbons (Fsp3) is 0.0588. The summed E-state index contributed by atoms with van der Waals surface area (Å²) in [5.41, 5.74) is 19.2. The van der Waals surface area contributed by atoms with Gasteiger partial charge >= 0.3 is 0 Å². The minimum atomic E-state index is 0.848. The fourth-order valence-electron chi connectivity index (χ4n) is 11.7. The van der Waals surface area contributed by atoms with Gasteiger partial charge in [0, 0.05) is 54.8 Å². The van der Waals surface area contributed by atoms with Crippen molar-refractivity contribution < 1.29 is 8.83 Å². The maximum atomic E-state index is 7.16. The summed E-state index contributed by atoms with van der Waals surface area (Å²) >= 11 is 0. The molecule has 2 heterocycles. The standard InChI is InChI=1S/C68H48N2O2/c1-41-27-33-49(43(3)39-41)51-19-11-21-53-55-23-13-25-61(67(55)71-65(51)53)69(47-15-7-5-8-16-47)59-37-31-45-30-36-58-60(38-32-46-29-35-57(59)63(45)64(46)58)70(48-17-9-6-10-18-48)62-26-14-24-56-54-22-12-20-52(66(54)72-68(56)62)50-34-28-42(2)40-44(50)4/h5-40H,1-4H3. The highest BCUT2D eigenvalue weighted by molar-refractivity contribution is 6.29. The molecule has 0 N–H and O–H groups in total. The predicted molar refractivity (Wildman–Crippen MR) is 304 cm³/mol. The lowest BCUT2D eigenvalue weighted by Crippen LogP contribution is -2.11. The summed E-state index contributed by atoms with van der Waals surface area (Å²) < 4.78 is 14.3. The van der Waals surface area contributed by atoms with Crippen LogP contribution in [0.4, 0.5) is 34.1 Å². The number of hydrogen-bond donors (Lipinski definition) is 0. The van der Waals surface area contributed by atoms with Crippen molar-refractivity contribution in [2.45, 2.75) is 27.7 Å². The van der Waals surface area contributed by atoms with Gasteiger partial charge in [-0.05, 0) is 120 Å². The van der Waals surface area contributed by atoms with Gasteiger partial charge in [-0.15, -0.1) is 0 Å². The van der Waals surface area contributed by atoms with Gasteiger partial charge in [-0.1, -0.05) is 181 Å². The van der Waals surface area contributed by atoms with Crippen LogP contribution in [0, 0.1) is 27.7 Å². The van der Waals surface area contributed by atoms with Gasteiger partial charge < -0.3 is 18.6 Å². The van der Waals surface area contributed by atoms with E-state index in [1.54, 1.807) is 0 Å². The number of anilines is 6. The number of rotatable bonds is 8. The van der Waals surface area contributed by atoms with Gasteiger partial charge in [-0.25, -0.2) is 0 Å². The van der Waals surface area contributed by atoms with E-state index >= 15 is 0 Å². The molecule has 14 rings (SSSR count). The first-order chi connectivity index (χ1) is 35.4. The molecule has 0 unspecified atom stereocenters. The summed E-state index contributed by atoms with van der Waals surface area (Å²) in [6.45, 7) is 8.66. The van der Waals surface area contributed by atoms with E-state index in [2.05, 4.69) is 256 Å². The van der Waals surface area contributed by atoms with Crippen molar-refractivity contribution >= 4 is 110 Å². The maximum Gasteiger partial charge on any atom is 0.159 e. The fourth-order valence-corrected chi connectivity index (χ4v) is 11.7. The molecule has 12 aromatic carbocycles. The molecule has 342 valence electrons. The van der Waals surface area contributed by atoms with Crippen LogP contribution in [0.25, 0.3) is 98.4 Å². The predicted octanol–water partition coefficient (Wildman–Crippen LogP) is 19.9. The van der Waals surface area contributed by atoms with E-state index in [1.165, 1.54) is 54.9 Å². The largest absolute Gasteiger partial charge is 0.453 e. The lowest BCUT2D eigenvalue weighted by atomic mass is 9.91. The Balaban J connectivity index is 0.989. The highest BCUT2D eigenvalue weighted by atomic mass is 16.3. The molecular weight excluding hydrogens is 877 g/mol. The van der Waals surface area contributed by atoms with E-state index in [-0.39, 0.29) is 0 Å². The summed E-state index contributed by atoms with van der Waals surface area (Å²) in [4.78, 5) is 4.78. The van der Waals surface area contributed by atoms with Crippen LogP contribution in [0.1, 0.15) is 22.3 Å². The highest BCUT2D eigenvalue weighted by Crippen LogP contribution is 2.51. The van der Waals surface area contributed by atoms with Gasteiger partial charge in [0.2, 0.25) is 0 Å². The molecule has 0 saturated carbocycles. The molecule has 0 aliphatic rings. The number of benzene rings is 12. The average Bonchev–Trinajstić information content (AvgIpc) is 4.00. The summed E-state index contributed by atoms with van der Waals surface area (Å²) in [6, 6.07) is 79.2. The van der Waals surface area contributed by atoms with Crippen molar-refractivity contribution in [3.8, 4) is 22.3 Å². The summed E-state index contributed by atoms with van der Waals surface area (Å²) in [5.74, 6) is 0. The number of hydrogen-bond acceptors (Lipinski definition) is 4. The first kappa shape index (κ1) is 41.8. The third-order valence-electron chi connectivity index (χ3n) is 15.0. The van der Waals surface area contributed by atoms with Crippen LogP contribution >= 0.6 is 0 Å². The van der Waals surface area contributed by atoms with Gasteiger partial charge in [0.1, 0.15) is 11.2 Å². The number of furan rings is 2.